The van der Waals surface area contributed by atoms with Crippen LogP contribution in [-0.2, 0) is 13.1 Å². The zero-order valence-electron chi connectivity index (χ0n) is 18.3. The highest BCUT2D eigenvalue weighted by atomic mass is 127. The fourth-order valence-electron chi connectivity index (χ4n) is 2.80. The summed E-state index contributed by atoms with van der Waals surface area (Å²) in [4.78, 5) is 0. The lowest BCUT2D eigenvalue weighted by Gasteiger charge is -1.97. The first-order valence-electron chi connectivity index (χ1n) is 10.6. The molecule has 0 spiro atoms. The van der Waals surface area contributed by atoms with Gasteiger partial charge in [0.25, 0.3) is 0 Å². The van der Waals surface area contributed by atoms with Gasteiger partial charge in [-0.25, -0.2) is 9.13 Å². The van der Waals surface area contributed by atoms with Crippen molar-refractivity contribution in [1.29, 1.82) is 0 Å². The lowest BCUT2D eigenvalue weighted by atomic mass is 10.2. The van der Waals surface area contributed by atoms with Crippen molar-refractivity contribution >= 4 is 0 Å². The molecule has 0 fully saturated rings. The Balaban J connectivity index is 0. The van der Waals surface area contributed by atoms with Crippen molar-refractivity contribution in [3.8, 4) is 0 Å². The summed E-state index contributed by atoms with van der Waals surface area (Å²) in [7, 11) is 0. The van der Waals surface area contributed by atoms with Crippen LogP contribution in [0.4, 0.5) is 0 Å². The van der Waals surface area contributed by atoms with E-state index < -0.39 is 0 Å². The van der Waals surface area contributed by atoms with Crippen LogP contribution in [0.3, 0.4) is 0 Å². The number of nitrogens with zero attached hydrogens (tertiary/aromatic N) is 2. The normalized spacial score (nSPS) is 9.57. The number of aromatic nitrogens is 2. The maximum absolute atomic E-state index is 2.27. The fourth-order valence-corrected chi connectivity index (χ4v) is 2.80. The van der Waals surface area contributed by atoms with Crippen molar-refractivity contribution in [2.45, 2.75) is 92.2 Å². The Morgan fingerprint density at radius 2 is 0.857 bits per heavy atom. The van der Waals surface area contributed by atoms with Gasteiger partial charge in [0.15, 0.2) is 24.8 Å². The summed E-state index contributed by atoms with van der Waals surface area (Å²) >= 11 is 0. The van der Waals surface area contributed by atoms with E-state index in [-0.39, 0.29) is 48.0 Å². The summed E-state index contributed by atoms with van der Waals surface area (Å²) in [6.07, 6.45) is 19.4. The second-order valence-electron chi connectivity index (χ2n) is 7.35. The highest BCUT2D eigenvalue weighted by molar-refractivity contribution is 5.03. The average molecular weight is 610 g/mol. The molecule has 0 aromatic carbocycles. The zero-order valence-corrected chi connectivity index (χ0v) is 22.7. The summed E-state index contributed by atoms with van der Waals surface area (Å²) < 4.78 is 4.53. The van der Waals surface area contributed by atoms with Gasteiger partial charge < -0.3 is 48.0 Å². The van der Waals surface area contributed by atoms with Crippen LogP contribution in [0, 0.1) is 13.8 Å². The van der Waals surface area contributed by atoms with Crippen molar-refractivity contribution in [3.05, 3.63) is 60.2 Å². The average Bonchev–Trinajstić information content (AvgIpc) is 2.66. The van der Waals surface area contributed by atoms with Crippen molar-refractivity contribution in [2.75, 3.05) is 0 Å². The summed E-state index contributed by atoms with van der Waals surface area (Å²) in [5, 5.41) is 0. The van der Waals surface area contributed by atoms with Crippen LogP contribution in [0.15, 0.2) is 49.1 Å². The Hall–Kier alpha value is -0.240. The van der Waals surface area contributed by atoms with E-state index >= 15 is 0 Å². The molecule has 0 aliphatic carbocycles. The molecular weight excluding hydrogens is 570 g/mol. The van der Waals surface area contributed by atoms with E-state index in [1.807, 2.05) is 0 Å². The summed E-state index contributed by atoms with van der Waals surface area (Å²) in [6.45, 7) is 11.1. The molecule has 0 atom stereocenters. The largest absolute Gasteiger partial charge is 1.00 e. The van der Waals surface area contributed by atoms with E-state index in [0.717, 1.165) is 0 Å². The number of hydrogen-bond donors (Lipinski definition) is 0. The maximum Gasteiger partial charge on any atom is 0.169 e. The van der Waals surface area contributed by atoms with Gasteiger partial charge in [-0.1, -0.05) is 39.5 Å². The molecule has 4 heteroatoms. The van der Waals surface area contributed by atoms with Gasteiger partial charge in [0.05, 0.1) is 0 Å². The molecule has 2 rings (SSSR count). The smallest absolute Gasteiger partial charge is 0.169 e. The summed E-state index contributed by atoms with van der Waals surface area (Å²) in [6, 6.07) is 8.67. The number of pyridine rings is 2. The van der Waals surface area contributed by atoms with Gasteiger partial charge in [0, 0.05) is 37.1 Å². The van der Waals surface area contributed by atoms with Crippen LogP contribution in [0.1, 0.15) is 76.3 Å². The number of unbranched alkanes of at least 4 members (excludes halogenated alkanes) is 6. The molecule has 0 radical (unpaired) electrons. The zero-order chi connectivity index (χ0) is 19.0. The van der Waals surface area contributed by atoms with Crippen LogP contribution in [0.5, 0.6) is 0 Å². The van der Waals surface area contributed by atoms with E-state index in [2.05, 4.69) is 85.9 Å². The molecule has 28 heavy (non-hydrogen) atoms. The Kier molecular flexibility index (Phi) is 21.5. The summed E-state index contributed by atoms with van der Waals surface area (Å²) in [5.41, 5.74) is 2.68. The summed E-state index contributed by atoms with van der Waals surface area (Å²) in [5.74, 6) is 0. The number of halogens is 2. The highest BCUT2D eigenvalue weighted by Crippen LogP contribution is 1.99. The Bertz CT molecular complexity index is 515. The van der Waals surface area contributed by atoms with Gasteiger partial charge in [-0.2, -0.15) is 0 Å². The van der Waals surface area contributed by atoms with Crippen molar-refractivity contribution in [2.24, 2.45) is 0 Å². The van der Waals surface area contributed by atoms with Gasteiger partial charge >= 0.3 is 0 Å². The minimum absolute atomic E-state index is 0. The molecule has 0 aliphatic heterocycles. The molecule has 0 amide bonds. The quantitative estimate of drug-likeness (QED) is 0.199. The van der Waals surface area contributed by atoms with Gasteiger partial charge in [-0.15, -0.1) is 0 Å². The first-order chi connectivity index (χ1) is 12.7. The topological polar surface area (TPSA) is 7.76 Å². The molecule has 2 heterocycles. The molecule has 0 N–H and O–H groups in total. The monoisotopic (exact) mass is 610 g/mol. The number of rotatable bonds is 10. The lowest BCUT2D eigenvalue weighted by molar-refractivity contribution is -0.697. The third kappa shape index (κ3) is 15.7. The molecule has 2 nitrogen and oxygen atoms in total. The first kappa shape index (κ1) is 30.0. The molecule has 0 saturated heterocycles. The maximum atomic E-state index is 2.27. The van der Waals surface area contributed by atoms with E-state index in [0.29, 0.717) is 0 Å². The molecule has 0 saturated carbocycles. The predicted octanol–water partition coefficient (Wildman–Crippen LogP) is -0.266. The standard InChI is InChI=1S/2C12H20N.2HI/c2*1-3-4-5-6-9-13-10-7-12(2)8-11-13;;/h2*7-8,10-11H,3-6,9H2,1-2H3;2*1H/q2*+1;;/p-2. The molecular formula is C24H40I2N2. The van der Waals surface area contributed by atoms with Crippen LogP contribution in [-0.4, -0.2) is 0 Å². The van der Waals surface area contributed by atoms with Gasteiger partial charge in [-0.3, -0.25) is 0 Å². The molecule has 2 aromatic heterocycles. The van der Waals surface area contributed by atoms with E-state index in [1.165, 1.54) is 75.6 Å². The molecule has 0 unspecified atom stereocenters. The van der Waals surface area contributed by atoms with Crippen molar-refractivity contribution in [1.82, 2.24) is 0 Å². The second kappa shape index (κ2) is 20.0. The van der Waals surface area contributed by atoms with Crippen molar-refractivity contribution in [3.63, 3.8) is 0 Å². The van der Waals surface area contributed by atoms with E-state index in [9.17, 15) is 0 Å². The Morgan fingerprint density at radius 1 is 0.536 bits per heavy atom. The Morgan fingerprint density at radius 3 is 1.14 bits per heavy atom. The van der Waals surface area contributed by atoms with E-state index in [1.54, 1.807) is 0 Å². The lowest BCUT2D eigenvalue weighted by Crippen LogP contribution is -3.00. The molecule has 160 valence electrons. The minimum atomic E-state index is 0. The minimum Gasteiger partial charge on any atom is -1.00 e. The highest BCUT2D eigenvalue weighted by Gasteiger charge is 1.98. The van der Waals surface area contributed by atoms with Crippen molar-refractivity contribution < 1.29 is 57.1 Å². The molecule has 0 aliphatic rings. The first-order valence-corrected chi connectivity index (χ1v) is 10.6. The number of aryl methyl sites for hydroxylation is 4. The fraction of sp³-hybridized carbons (Fsp3) is 0.583. The molecule has 0 bridgehead atoms. The van der Waals surface area contributed by atoms with Gasteiger partial charge in [0.1, 0.15) is 13.1 Å². The van der Waals surface area contributed by atoms with E-state index in [4.69, 9.17) is 0 Å². The van der Waals surface area contributed by atoms with Crippen LogP contribution in [0.25, 0.3) is 0 Å². The van der Waals surface area contributed by atoms with Gasteiger partial charge in [-0.05, 0) is 37.8 Å². The third-order valence-electron chi connectivity index (χ3n) is 4.66. The molecule has 2 aromatic rings. The van der Waals surface area contributed by atoms with Crippen LogP contribution < -0.4 is 57.1 Å². The second-order valence-corrected chi connectivity index (χ2v) is 7.35. The van der Waals surface area contributed by atoms with Gasteiger partial charge in [0.2, 0.25) is 0 Å². The van der Waals surface area contributed by atoms with Crippen LogP contribution >= 0.6 is 0 Å². The SMILES string of the molecule is CCCCCC[n+]1ccc(C)cc1.CCCCCC[n+]1ccc(C)cc1.[I-].[I-]. The number of hydrogen-bond acceptors (Lipinski definition) is 0. The predicted molar refractivity (Wildman–Crippen MR) is 111 cm³/mol. The van der Waals surface area contributed by atoms with Crippen LogP contribution in [0.2, 0.25) is 0 Å². The third-order valence-corrected chi connectivity index (χ3v) is 4.66. The Labute approximate surface area is 208 Å².